The van der Waals surface area contributed by atoms with E-state index in [1.807, 2.05) is 31.2 Å². The molecular formula is C17H17BrN2O2. The number of hydrogen-bond donors (Lipinski definition) is 2. The van der Waals surface area contributed by atoms with Crippen molar-refractivity contribution in [3.8, 4) is 0 Å². The lowest BCUT2D eigenvalue weighted by molar-refractivity contribution is -0.114. The van der Waals surface area contributed by atoms with Crippen molar-refractivity contribution >= 4 is 33.4 Å². The molecule has 0 saturated carbocycles. The number of benzene rings is 2. The molecule has 22 heavy (non-hydrogen) atoms. The van der Waals surface area contributed by atoms with Gasteiger partial charge >= 0.3 is 0 Å². The van der Waals surface area contributed by atoms with Gasteiger partial charge in [0.1, 0.15) is 0 Å². The van der Waals surface area contributed by atoms with Crippen molar-refractivity contribution in [3.05, 3.63) is 64.1 Å². The van der Waals surface area contributed by atoms with Crippen LogP contribution in [0.4, 0.5) is 5.69 Å². The highest BCUT2D eigenvalue weighted by Gasteiger charge is 2.13. The molecule has 2 rings (SSSR count). The van der Waals surface area contributed by atoms with Crippen LogP contribution >= 0.6 is 15.9 Å². The average Bonchev–Trinajstić information content (AvgIpc) is 2.47. The van der Waals surface area contributed by atoms with Crippen molar-refractivity contribution in [3.63, 3.8) is 0 Å². The molecule has 0 fully saturated rings. The summed E-state index contributed by atoms with van der Waals surface area (Å²) in [6.07, 6.45) is 0. The van der Waals surface area contributed by atoms with E-state index in [1.54, 1.807) is 24.3 Å². The van der Waals surface area contributed by atoms with E-state index in [-0.39, 0.29) is 17.9 Å². The summed E-state index contributed by atoms with van der Waals surface area (Å²) >= 11 is 3.48. The van der Waals surface area contributed by atoms with Crippen LogP contribution in [0, 0.1) is 0 Å². The van der Waals surface area contributed by atoms with E-state index in [9.17, 15) is 9.59 Å². The molecular weight excluding hydrogens is 344 g/mol. The summed E-state index contributed by atoms with van der Waals surface area (Å²) in [4.78, 5) is 23.4. The molecule has 2 amide bonds. The second-order valence-electron chi connectivity index (χ2n) is 4.98. The zero-order valence-electron chi connectivity index (χ0n) is 12.4. The quantitative estimate of drug-likeness (QED) is 0.868. The fourth-order valence-electron chi connectivity index (χ4n) is 2.13. The van der Waals surface area contributed by atoms with Crippen LogP contribution in [0.1, 0.15) is 35.8 Å². The summed E-state index contributed by atoms with van der Waals surface area (Å²) in [7, 11) is 0. The number of nitrogens with one attached hydrogen (secondary N) is 2. The van der Waals surface area contributed by atoms with Gasteiger partial charge in [0.2, 0.25) is 5.91 Å². The molecule has 2 aromatic rings. The van der Waals surface area contributed by atoms with Crippen molar-refractivity contribution in [2.24, 2.45) is 0 Å². The van der Waals surface area contributed by atoms with Crippen molar-refractivity contribution < 1.29 is 9.59 Å². The lowest BCUT2D eigenvalue weighted by Gasteiger charge is -2.16. The van der Waals surface area contributed by atoms with E-state index in [1.165, 1.54) is 6.92 Å². The molecule has 0 heterocycles. The monoisotopic (exact) mass is 360 g/mol. The van der Waals surface area contributed by atoms with E-state index in [0.717, 1.165) is 10.0 Å². The van der Waals surface area contributed by atoms with E-state index in [4.69, 9.17) is 0 Å². The molecule has 0 radical (unpaired) electrons. The third-order valence-corrected chi connectivity index (χ3v) is 3.89. The van der Waals surface area contributed by atoms with Gasteiger partial charge in [-0.1, -0.05) is 40.2 Å². The molecule has 0 saturated heterocycles. The van der Waals surface area contributed by atoms with Crippen molar-refractivity contribution in [2.45, 2.75) is 19.9 Å². The fraction of sp³-hybridized carbons (Fsp3) is 0.176. The third-order valence-electron chi connectivity index (χ3n) is 3.16. The molecule has 114 valence electrons. The summed E-state index contributed by atoms with van der Waals surface area (Å²) in [5.74, 6) is -0.352. The molecule has 2 aromatic carbocycles. The Kier molecular flexibility index (Phi) is 5.33. The normalized spacial score (nSPS) is 11.6. The van der Waals surface area contributed by atoms with Crippen LogP contribution in [0.15, 0.2) is 53.0 Å². The summed E-state index contributed by atoms with van der Waals surface area (Å²) in [5, 5.41) is 5.62. The van der Waals surface area contributed by atoms with Crippen molar-refractivity contribution in [1.82, 2.24) is 5.32 Å². The Morgan fingerprint density at radius 1 is 1.09 bits per heavy atom. The predicted octanol–water partition coefficient (Wildman–Crippen LogP) is 3.90. The first-order valence-corrected chi connectivity index (χ1v) is 7.69. The van der Waals surface area contributed by atoms with Crippen LogP contribution < -0.4 is 10.6 Å². The molecule has 0 spiro atoms. The molecule has 0 aliphatic heterocycles. The first-order valence-electron chi connectivity index (χ1n) is 6.90. The number of hydrogen-bond acceptors (Lipinski definition) is 2. The van der Waals surface area contributed by atoms with Crippen LogP contribution in [-0.4, -0.2) is 11.8 Å². The van der Waals surface area contributed by atoms with Gasteiger partial charge in [-0.15, -0.1) is 0 Å². The number of amides is 2. The van der Waals surface area contributed by atoms with Crippen molar-refractivity contribution in [1.29, 1.82) is 0 Å². The first kappa shape index (κ1) is 16.2. The van der Waals surface area contributed by atoms with Gasteiger partial charge in [-0.05, 0) is 36.8 Å². The number of rotatable bonds is 4. The molecule has 0 bridgehead atoms. The Morgan fingerprint density at radius 3 is 2.50 bits per heavy atom. The minimum absolute atomic E-state index is 0.132. The van der Waals surface area contributed by atoms with Crippen LogP contribution in [0.25, 0.3) is 0 Å². The van der Waals surface area contributed by atoms with Gasteiger partial charge in [-0.2, -0.15) is 0 Å². The minimum atomic E-state index is -0.185. The highest BCUT2D eigenvalue weighted by atomic mass is 79.9. The molecule has 1 atom stereocenters. The van der Waals surface area contributed by atoms with Crippen LogP contribution in [0.3, 0.4) is 0 Å². The SMILES string of the molecule is CC(=O)Nc1cccc(C(=O)NC(C)c2ccccc2Br)c1. The topological polar surface area (TPSA) is 58.2 Å². The first-order chi connectivity index (χ1) is 10.5. The number of carbonyl (C=O) groups excluding carboxylic acids is 2. The van der Waals surface area contributed by atoms with E-state index in [0.29, 0.717) is 11.3 Å². The smallest absolute Gasteiger partial charge is 0.251 e. The molecule has 4 nitrogen and oxygen atoms in total. The van der Waals surface area contributed by atoms with Gasteiger partial charge in [0.15, 0.2) is 0 Å². The minimum Gasteiger partial charge on any atom is -0.345 e. The van der Waals surface area contributed by atoms with Crippen LogP contribution in [0.2, 0.25) is 0 Å². The Balaban J connectivity index is 2.12. The Bertz CT molecular complexity index is 701. The van der Waals surface area contributed by atoms with E-state index < -0.39 is 0 Å². The van der Waals surface area contributed by atoms with Gasteiger partial charge in [-0.25, -0.2) is 0 Å². The largest absolute Gasteiger partial charge is 0.345 e. The van der Waals surface area contributed by atoms with Gasteiger partial charge in [0, 0.05) is 22.6 Å². The highest BCUT2D eigenvalue weighted by molar-refractivity contribution is 9.10. The van der Waals surface area contributed by atoms with Crippen LogP contribution in [-0.2, 0) is 4.79 Å². The molecule has 0 aromatic heterocycles. The maximum atomic E-state index is 12.3. The lowest BCUT2D eigenvalue weighted by Crippen LogP contribution is -2.27. The summed E-state index contributed by atoms with van der Waals surface area (Å²) in [5.41, 5.74) is 2.12. The summed E-state index contributed by atoms with van der Waals surface area (Å²) in [6, 6.07) is 14.5. The zero-order chi connectivity index (χ0) is 16.1. The Hall–Kier alpha value is -2.14. The molecule has 0 aliphatic carbocycles. The number of halogens is 1. The second-order valence-corrected chi connectivity index (χ2v) is 5.83. The lowest BCUT2D eigenvalue weighted by atomic mass is 10.1. The number of carbonyl (C=O) groups is 2. The molecule has 2 N–H and O–H groups in total. The average molecular weight is 361 g/mol. The maximum absolute atomic E-state index is 12.3. The standard InChI is InChI=1S/C17H17BrN2O2/c1-11(15-8-3-4-9-16(15)18)19-17(22)13-6-5-7-14(10-13)20-12(2)21/h3-11H,1-2H3,(H,19,22)(H,20,21). The van der Waals surface area contributed by atoms with Crippen molar-refractivity contribution in [2.75, 3.05) is 5.32 Å². The zero-order valence-corrected chi connectivity index (χ0v) is 14.0. The summed E-state index contributed by atoms with van der Waals surface area (Å²) in [6.45, 7) is 3.36. The van der Waals surface area contributed by atoms with Gasteiger partial charge in [-0.3, -0.25) is 9.59 Å². The fourth-order valence-corrected chi connectivity index (χ4v) is 2.75. The highest BCUT2D eigenvalue weighted by Crippen LogP contribution is 2.23. The number of anilines is 1. The van der Waals surface area contributed by atoms with Gasteiger partial charge < -0.3 is 10.6 Å². The predicted molar refractivity (Wildman–Crippen MR) is 90.8 cm³/mol. The third kappa shape index (κ3) is 4.18. The van der Waals surface area contributed by atoms with Gasteiger partial charge in [0.05, 0.1) is 6.04 Å². The molecule has 0 aliphatic rings. The van der Waals surface area contributed by atoms with Crippen LogP contribution in [0.5, 0.6) is 0 Å². The molecule has 5 heteroatoms. The molecule has 1 unspecified atom stereocenters. The van der Waals surface area contributed by atoms with E-state index >= 15 is 0 Å². The maximum Gasteiger partial charge on any atom is 0.251 e. The second kappa shape index (κ2) is 7.22. The van der Waals surface area contributed by atoms with Gasteiger partial charge in [0.25, 0.3) is 5.91 Å². The Labute approximate surface area is 138 Å². The van der Waals surface area contributed by atoms with E-state index in [2.05, 4.69) is 26.6 Å². The Morgan fingerprint density at radius 2 is 1.82 bits per heavy atom. The summed E-state index contributed by atoms with van der Waals surface area (Å²) < 4.78 is 0.954.